The Kier molecular flexibility index (Phi) is 3.05. The maximum atomic E-state index is 11.3. The highest BCUT2D eigenvalue weighted by atomic mass is 16.5. The van der Waals surface area contributed by atoms with Crippen LogP contribution in [0.4, 0.5) is 0 Å². The lowest BCUT2D eigenvalue weighted by atomic mass is 10.2. The van der Waals surface area contributed by atoms with Crippen LogP contribution in [0.1, 0.15) is 13.3 Å². The summed E-state index contributed by atoms with van der Waals surface area (Å²) in [6.45, 7) is 3.22. The number of amides is 1. The number of hydrogen-bond donors (Lipinski definition) is 1. The molecule has 4 nitrogen and oxygen atoms in total. The van der Waals surface area contributed by atoms with Crippen LogP contribution in [0.25, 0.3) is 0 Å². The van der Waals surface area contributed by atoms with Gasteiger partial charge in [0.2, 0.25) is 5.91 Å². The van der Waals surface area contributed by atoms with Crippen LogP contribution in [0.3, 0.4) is 0 Å². The number of carbonyl (C=O) groups excluding carboxylic acids is 1. The lowest BCUT2D eigenvalue weighted by molar-refractivity contribution is -0.129. The Morgan fingerprint density at radius 1 is 1.75 bits per heavy atom. The van der Waals surface area contributed by atoms with Gasteiger partial charge in [-0.1, -0.05) is 0 Å². The van der Waals surface area contributed by atoms with Gasteiger partial charge in [-0.2, -0.15) is 0 Å². The highest BCUT2D eigenvalue weighted by molar-refractivity contribution is 5.79. The van der Waals surface area contributed by atoms with E-state index < -0.39 is 0 Å². The standard InChI is InChI=1S/C8H16N2O2/c1-6-7(9)5-8(11)10(6)3-4-12-2/h6-7H,3-5,9H2,1-2H3. The van der Waals surface area contributed by atoms with Crippen molar-refractivity contribution in [3.63, 3.8) is 0 Å². The van der Waals surface area contributed by atoms with Crippen molar-refractivity contribution >= 4 is 5.91 Å². The molecule has 1 rings (SSSR count). The van der Waals surface area contributed by atoms with Gasteiger partial charge in [0, 0.05) is 32.2 Å². The molecule has 70 valence electrons. The number of nitrogens with zero attached hydrogens (tertiary/aromatic N) is 1. The van der Waals surface area contributed by atoms with Crippen molar-refractivity contribution < 1.29 is 9.53 Å². The predicted molar refractivity (Wildman–Crippen MR) is 45.6 cm³/mol. The van der Waals surface area contributed by atoms with Gasteiger partial charge < -0.3 is 15.4 Å². The molecule has 0 spiro atoms. The third-order valence-corrected chi connectivity index (χ3v) is 2.38. The van der Waals surface area contributed by atoms with Crippen LogP contribution >= 0.6 is 0 Å². The summed E-state index contributed by atoms with van der Waals surface area (Å²) < 4.78 is 4.90. The summed E-state index contributed by atoms with van der Waals surface area (Å²) in [7, 11) is 1.63. The minimum absolute atomic E-state index is 0.00523. The Bertz CT molecular complexity index is 172. The van der Waals surface area contributed by atoms with Crippen LogP contribution in [0.15, 0.2) is 0 Å². The van der Waals surface area contributed by atoms with Crippen LogP contribution in [0.2, 0.25) is 0 Å². The minimum Gasteiger partial charge on any atom is -0.383 e. The average molecular weight is 172 g/mol. The molecule has 0 aliphatic carbocycles. The van der Waals surface area contributed by atoms with Crippen molar-refractivity contribution in [2.45, 2.75) is 25.4 Å². The Labute approximate surface area is 72.7 Å². The summed E-state index contributed by atoms with van der Waals surface area (Å²) in [6, 6.07) is 0.155. The van der Waals surface area contributed by atoms with Crippen molar-refractivity contribution in [2.75, 3.05) is 20.3 Å². The molecule has 1 heterocycles. The van der Waals surface area contributed by atoms with Gasteiger partial charge in [-0.3, -0.25) is 4.79 Å². The number of carbonyl (C=O) groups is 1. The van der Waals surface area contributed by atoms with Crippen molar-refractivity contribution in [1.82, 2.24) is 4.90 Å². The van der Waals surface area contributed by atoms with Crippen molar-refractivity contribution in [3.05, 3.63) is 0 Å². The zero-order valence-corrected chi connectivity index (χ0v) is 7.62. The van der Waals surface area contributed by atoms with E-state index in [-0.39, 0.29) is 18.0 Å². The lowest BCUT2D eigenvalue weighted by Gasteiger charge is -2.22. The Hall–Kier alpha value is -0.610. The van der Waals surface area contributed by atoms with Crippen molar-refractivity contribution in [3.8, 4) is 0 Å². The fraction of sp³-hybridized carbons (Fsp3) is 0.875. The number of hydrogen-bond acceptors (Lipinski definition) is 3. The fourth-order valence-electron chi connectivity index (χ4n) is 1.47. The summed E-state index contributed by atoms with van der Waals surface area (Å²) in [4.78, 5) is 13.1. The number of methoxy groups -OCH3 is 1. The highest BCUT2D eigenvalue weighted by Gasteiger charge is 2.33. The molecular weight excluding hydrogens is 156 g/mol. The molecule has 0 saturated carbocycles. The van der Waals surface area contributed by atoms with E-state index in [0.29, 0.717) is 19.6 Å². The Morgan fingerprint density at radius 2 is 2.42 bits per heavy atom. The number of likely N-dealkylation sites (tertiary alicyclic amines) is 1. The number of rotatable bonds is 3. The quantitative estimate of drug-likeness (QED) is 0.629. The monoisotopic (exact) mass is 172 g/mol. The third kappa shape index (κ3) is 1.76. The second-order valence-electron chi connectivity index (χ2n) is 3.19. The van der Waals surface area contributed by atoms with Crippen molar-refractivity contribution in [2.24, 2.45) is 5.73 Å². The molecule has 2 unspecified atom stereocenters. The molecule has 0 bridgehead atoms. The molecule has 1 aliphatic heterocycles. The molecule has 2 atom stereocenters. The molecule has 1 fully saturated rings. The molecule has 1 amide bonds. The summed E-state index contributed by atoms with van der Waals surface area (Å²) in [5, 5.41) is 0. The fourth-order valence-corrected chi connectivity index (χ4v) is 1.47. The van der Waals surface area contributed by atoms with Gasteiger partial charge in [0.15, 0.2) is 0 Å². The molecule has 4 heteroatoms. The summed E-state index contributed by atoms with van der Waals surface area (Å²) >= 11 is 0. The average Bonchev–Trinajstić information content (AvgIpc) is 2.25. The number of ether oxygens (including phenoxy) is 1. The third-order valence-electron chi connectivity index (χ3n) is 2.38. The molecule has 1 saturated heterocycles. The smallest absolute Gasteiger partial charge is 0.224 e. The predicted octanol–water partition coefficient (Wildman–Crippen LogP) is -0.419. The number of nitrogens with two attached hydrogens (primary N) is 1. The largest absolute Gasteiger partial charge is 0.383 e. The van der Waals surface area contributed by atoms with Gasteiger partial charge in [0.25, 0.3) is 0 Å². The van der Waals surface area contributed by atoms with E-state index >= 15 is 0 Å². The lowest BCUT2D eigenvalue weighted by Crippen LogP contribution is -2.39. The zero-order valence-electron chi connectivity index (χ0n) is 7.62. The zero-order chi connectivity index (χ0) is 9.14. The second-order valence-corrected chi connectivity index (χ2v) is 3.19. The minimum atomic E-state index is -0.00523. The maximum Gasteiger partial charge on any atom is 0.224 e. The summed E-state index contributed by atoms with van der Waals surface area (Å²) in [5.41, 5.74) is 5.73. The van der Waals surface area contributed by atoms with E-state index in [4.69, 9.17) is 10.5 Å². The van der Waals surface area contributed by atoms with E-state index in [2.05, 4.69) is 0 Å². The molecule has 0 aromatic carbocycles. The normalized spacial score (nSPS) is 29.9. The van der Waals surface area contributed by atoms with Crippen LogP contribution in [-0.4, -0.2) is 43.2 Å². The van der Waals surface area contributed by atoms with Gasteiger partial charge in [0.1, 0.15) is 0 Å². The van der Waals surface area contributed by atoms with E-state index in [0.717, 1.165) is 0 Å². The first kappa shape index (κ1) is 9.48. The van der Waals surface area contributed by atoms with Gasteiger partial charge in [-0.25, -0.2) is 0 Å². The molecule has 0 radical (unpaired) electrons. The Morgan fingerprint density at radius 3 is 2.83 bits per heavy atom. The van der Waals surface area contributed by atoms with E-state index in [1.54, 1.807) is 12.0 Å². The van der Waals surface area contributed by atoms with Crippen LogP contribution in [0.5, 0.6) is 0 Å². The summed E-state index contributed by atoms with van der Waals surface area (Å²) in [5.74, 6) is 0.145. The highest BCUT2D eigenvalue weighted by Crippen LogP contribution is 2.16. The molecule has 12 heavy (non-hydrogen) atoms. The van der Waals surface area contributed by atoms with Crippen molar-refractivity contribution in [1.29, 1.82) is 0 Å². The van der Waals surface area contributed by atoms with E-state index in [1.165, 1.54) is 0 Å². The van der Waals surface area contributed by atoms with Crippen LogP contribution < -0.4 is 5.73 Å². The molecule has 2 N–H and O–H groups in total. The Balaban J connectivity index is 2.46. The molecule has 0 aromatic rings. The van der Waals surface area contributed by atoms with Gasteiger partial charge in [-0.05, 0) is 6.92 Å². The first-order chi connectivity index (χ1) is 5.66. The van der Waals surface area contributed by atoms with Gasteiger partial charge in [0.05, 0.1) is 6.61 Å². The molecule has 0 aromatic heterocycles. The molecular formula is C8H16N2O2. The van der Waals surface area contributed by atoms with Gasteiger partial charge in [-0.15, -0.1) is 0 Å². The second kappa shape index (κ2) is 3.87. The van der Waals surface area contributed by atoms with Gasteiger partial charge >= 0.3 is 0 Å². The topological polar surface area (TPSA) is 55.6 Å². The first-order valence-corrected chi connectivity index (χ1v) is 4.20. The van der Waals surface area contributed by atoms with Crippen LogP contribution in [-0.2, 0) is 9.53 Å². The molecule has 1 aliphatic rings. The van der Waals surface area contributed by atoms with E-state index in [1.807, 2.05) is 6.92 Å². The SMILES string of the molecule is COCCN1C(=O)CC(N)C1C. The van der Waals surface area contributed by atoms with E-state index in [9.17, 15) is 4.79 Å². The maximum absolute atomic E-state index is 11.3. The first-order valence-electron chi connectivity index (χ1n) is 4.20. The summed E-state index contributed by atoms with van der Waals surface area (Å²) in [6.07, 6.45) is 0.477. The van der Waals surface area contributed by atoms with Crippen LogP contribution in [0, 0.1) is 0 Å².